The van der Waals surface area contributed by atoms with E-state index in [1.807, 2.05) is 0 Å². The van der Waals surface area contributed by atoms with Crippen molar-refractivity contribution in [1.82, 2.24) is 20.2 Å². The molecule has 1 heterocycles. The SMILES string of the molecule is Nc1cc(F)ccc1-c1nnnn1CCCC1CC1. The molecule has 6 heteroatoms. The van der Waals surface area contributed by atoms with Crippen LogP contribution in [0.15, 0.2) is 18.2 Å². The summed E-state index contributed by atoms with van der Waals surface area (Å²) in [7, 11) is 0. The highest BCUT2D eigenvalue weighted by molar-refractivity contribution is 5.71. The number of tetrazole rings is 1. The number of anilines is 1. The van der Waals surface area contributed by atoms with Crippen LogP contribution in [0.5, 0.6) is 0 Å². The largest absolute Gasteiger partial charge is 0.398 e. The molecule has 1 aromatic carbocycles. The fourth-order valence-corrected chi connectivity index (χ4v) is 2.22. The summed E-state index contributed by atoms with van der Waals surface area (Å²) in [6.45, 7) is 0.773. The van der Waals surface area contributed by atoms with Gasteiger partial charge in [-0.25, -0.2) is 9.07 Å². The molecule has 0 saturated heterocycles. The van der Waals surface area contributed by atoms with Crippen LogP contribution in [0.3, 0.4) is 0 Å². The van der Waals surface area contributed by atoms with E-state index in [2.05, 4.69) is 15.5 Å². The molecule has 0 unspecified atom stereocenters. The summed E-state index contributed by atoms with van der Waals surface area (Å²) in [5.41, 5.74) is 6.86. The van der Waals surface area contributed by atoms with Crippen LogP contribution >= 0.6 is 0 Å². The molecule has 1 aliphatic rings. The number of nitrogens with zero attached hydrogens (tertiary/aromatic N) is 4. The van der Waals surface area contributed by atoms with E-state index < -0.39 is 0 Å². The quantitative estimate of drug-likeness (QED) is 0.838. The predicted octanol–water partition coefficient (Wildman–Crippen LogP) is 2.25. The normalized spacial score (nSPS) is 14.8. The van der Waals surface area contributed by atoms with Gasteiger partial charge in [0.2, 0.25) is 0 Å². The van der Waals surface area contributed by atoms with Gasteiger partial charge < -0.3 is 5.73 Å². The lowest BCUT2D eigenvalue weighted by Crippen LogP contribution is -2.05. The van der Waals surface area contributed by atoms with E-state index in [4.69, 9.17) is 5.73 Å². The zero-order valence-electron chi connectivity index (χ0n) is 10.6. The molecular weight excluding hydrogens is 245 g/mol. The van der Waals surface area contributed by atoms with Crippen molar-refractivity contribution in [3.8, 4) is 11.4 Å². The second-order valence-electron chi connectivity index (χ2n) is 5.04. The molecule has 0 aliphatic heterocycles. The number of nitrogen functional groups attached to an aromatic ring is 1. The molecule has 2 aromatic rings. The fourth-order valence-electron chi connectivity index (χ4n) is 2.22. The van der Waals surface area contributed by atoms with Gasteiger partial charge in [-0.1, -0.05) is 12.8 Å². The van der Waals surface area contributed by atoms with E-state index in [0.29, 0.717) is 17.1 Å². The van der Waals surface area contributed by atoms with Crippen LogP contribution in [-0.2, 0) is 6.54 Å². The molecule has 1 aromatic heterocycles. The number of nitrogens with two attached hydrogens (primary N) is 1. The first-order chi connectivity index (χ1) is 9.24. The Morgan fingerprint density at radius 2 is 2.21 bits per heavy atom. The highest BCUT2D eigenvalue weighted by Gasteiger charge is 2.20. The highest BCUT2D eigenvalue weighted by Crippen LogP contribution is 2.33. The standard InChI is InChI=1S/C13H16FN5/c14-10-5-6-11(12(15)8-10)13-16-17-18-19(13)7-1-2-9-3-4-9/h5-6,8-9H,1-4,7,15H2. The van der Waals surface area contributed by atoms with E-state index in [1.54, 1.807) is 10.7 Å². The Hall–Kier alpha value is -1.98. The summed E-state index contributed by atoms with van der Waals surface area (Å²) in [5.74, 6) is 1.15. The van der Waals surface area contributed by atoms with Gasteiger partial charge in [0.05, 0.1) is 0 Å². The number of hydrogen-bond acceptors (Lipinski definition) is 4. The fraction of sp³-hybridized carbons (Fsp3) is 0.462. The van der Waals surface area contributed by atoms with E-state index >= 15 is 0 Å². The molecular formula is C13H16FN5. The van der Waals surface area contributed by atoms with Crippen LogP contribution in [0, 0.1) is 11.7 Å². The summed E-state index contributed by atoms with van der Waals surface area (Å²) in [6, 6.07) is 4.28. The summed E-state index contributed by atoms with van der Waals surface area (Å²) < 4.78 is 14.8. The molecule has 0 atom stereocenters. The number of aromatic nitrogens is 4. The maximum absolute atomic E-state index is 13.0. The third-order valence-corrected chi connectivity index (χ3v) is 3.47. The molecule has 0 spiro atoms. The van der Waals surface area contributed by atoms with Crippen molar-refractivity contribution in [2.24, 2.45) is 5.92 Å². The molecule has 0 amide bonds. The molecule has 1 aliphatic carbocycles. The van der Waals surface area contributed by atoms with Crippen molar-refractivity contribution in [2.75, 3.05) is 5.73 Å². The Balaban J connectivity index is 1.77. The van der Waals surface area contributed by atoms with Gasteiger partial charge in [-0.3, -0.25) is 0 Å². The van der Waals surface area contributed by atoms with Crippen LogP contribution < -0.4 is 5.73 Å². The molecule has 0 bridgehead atoms. The topological polar surface area (TPSA) is 69.6 Å². The molecule has 5 nitrogen and oxygen atoms in total. The van der Waals surface area contributed by atoms with Gasteiger partial charge in [0.25, 0.3) is 0 Å². The number of hydrogen-bond donors (Lipinski definition) is 1. The Kier molecular flexibility index (Phi) is 3.15. The molecule has 1 saturated carbocycles. The van der Waals surface area contributed by atoms with Gasteiger partial charge in [0.1, 0.15) is 5.82 Å². The van der Waals surface area contributed by atoms with Crippen molar-refractivity contribution < 1.29 is 4.39 Å². The van der Waals surface area contributed by atoms with E-state index in [1.165, 1.54) is 31.4 Å². The number of rotatable bonds is 5. The third kappa shape index (κ3) is 2.72. The van der Waals surface area contributed by atoms with Crippen LogP contribution in [0.4, 0.5) is 10.1 Å². The lowest BCUT2D eigenvalue weighted by molar-refractivity contribution is 0.526. The molecule has 1 fully saturated rings. The van der Waals surface area contributed by atoms with Crippen LogP contribution in [0.2, 0.25) is 0 Å². The van der Waals surface area contributed by atoms with E-state index in [-0.39, 0.29) is 5.82 Å². The van der Waals surface area contributed by atoms with Crippen LogP contribution in [0.1, 0.15) is 25.7 Å². The van der Waals surface area contributed by atoms with Crippen LogP contribution in [0.25, 0.3) is 11.4 Å². The predicted molar refractivity (Wildman–Crippen MR) is 69.6 cm³/mol. The molecule has 100 valence electrons. The van der Waals surface area contributed by atoms with E-state index in [9.17, 15) is 4.39 Å². The van der Waals surface area contributed by atoms with Gasteiger partial charge in [-0.2, -0.15) is 0 Å². The summed E-state index contributed by atoms with van der Waals surface area (Å²) in [4.78, 5) is 0. The van der Waals surface area contributed by atoms with Gasteiger partial charge >= 0.3 is 0 Å². The maximum atomic E-state index is 13.0. The highest BCUT2D eigenvalue weighted by atomic mass is 19.1. The zero-order chi connectivity index (χ0) is 13.2. The Labute approximate surface area is 110 Å². The minimum Gasteiger partial charge on any atom is -0.398 e. The minimum absolute atomic E-state index is 0.353. The molecule has 0 radical (unpaired) electrons. The van der Waals surface area contributed by atoms with Gasteiger partial charge in [0, 0.05) is 17.8 Å². The number of halogens is 1. The zero-order valence-corrected chi connectivity index (χ0v) is 10.6. The first-order valence-corrected chi connectivity index (χ1v) is 6.55. The second-order valence-corrected chi connectivity index (χ2v) is 5.04. The molecule has 19 heavy (non-hydrogen) atoms. The Morgan fingerprint density at radius 3 is 2.95 bits per heavy atom. The summed E-state index contributed by atoms with van der Waals surface area (Å²) in [6.07, 6.45) is 4.99. The summed E-state index contributed by atoms with van der Waals surface area (Å²) in [5, 5.41) is 11.7. The molecule has 3 rings (SSSR count). The van der Waals surface area contributed by atoms with Crippen molar-refractivity contribution in [2.45, 2.75) is 32.2 Å². The van der Waals surface area contributed by atoms with Crippen molar-refractivity contribution >= 4 is 5.69 Å². The third-order valence-electron chi connectivity index (χ3n) is 3.47. The maximum Gasteiger partial charge on any atom is 0.184 e. The summed E-state index contributed by atoms with van der Waals surface area (Å²) >= 11 is 0. The monoisotopic (exact) mass is 261 g/mol. The number of benzene rings is 1. The lowest BCUT2D eigenvalue weighted by Gasteiger charge is -2.06. The van der Waals surface area contributed by atoms with Crippen molar-refractivity contribution in [3.05, 3.63) is 24.0 Å². The lowest BCUT2D eigenvalue weighted by atomic mass is 10.1. The average molecular weight is 261 g/mol. The first-order valence-electron chi connectivity index (χ1n) is 6.55. The number of aryl methyl sites for hydroxylation is 1. The Morgan fingerprint density at radius 1 is 1.37 bits per heavy atom. The van der Waals surface area contributed by atoms with Gasteiger partial charge in [-0.05, 0) is 47.4 Å². The minimum atomic E-state index is -0.353. The van der Waals surface area contributed by atoms with Crippen molar-refractivity contribution in [3.63, 3.8) is 0 Å². The Bertz CT molecular complexity index is 576. The van der Waals surface area contributed by atoms with E-state index in [0.717, 1.165) is 18.9 Å². The molecule has 2 N–H and O–H groups in total. The first kappa shape index (κ1) is 12.1. The second kappa shape index (κ2) is 4.95. The van der Waals surface area contributed by atoms with Gasteiger partial charge in [0.15, 0.2) is 5.82 Å². The smallest absolute Gasteiger partial charge is 0.184 e. The van der Waals surface area contributed by atoms with Crippen LogP contribution in [-0.4, -0.2) is 20.2 Å². The van der Waals surface area contributed by atoms with Crippen molar-refractivity contribution in [1.29, 1.82) is 0 Å². The average Bonchev–Trinajstić information content (AvgIpc) is 3.08. The van der Waals surface area contributed by atoms with Gasteiger partial charge in [-0.15, -0.1) is 5.10 Å².